The molecule has 0 heterocycles. The molecule has 130 valence electrons. The minimum atomic E-state index is 0.757. The molecule has 1 rings (SSSR count). The summed E-state index contributed by atoms with van der Waals surface area (Å²) in [6.07, 6.45) is 4.12. The van der Waals surface area contributed by atoms with Crippen molar-refractivity contribution in [2.24, 2.45) is 4.99 Å². The van der Waals surface area contributed by atoms with Crippen LogP contribution in [0.3, 0.4) is 0 Å². The molecule has 1 aromatic rings. The summed E-state index contributed by atoms with van der Waals surface area (Å²) in [5.41, 5.74) is 1.20. The number of hydrogen-bond acceptors (Lipinski definition) is 4. The van der Waals surface area contributed by atoms with Gasteiger partial charge in [0.15, 0.2) is 17.5 Å². The van der Waals surface area contributed by atoms with Gasteiger partial charge in [-0.15, -0.1) is 0 Å². The molecule has 23 heavy (non-hydrogen) atoms. The first-order valence-corrected chi connectivity index (χ1v) is 9.36. The maximum Gasteiger partial charge on any atom is 0.191 e. The van der Waals surface area contributed by atoms with E-state index in [1.807, 2.05) is 23.9 Å². The Kier molecular flexibility index (Phi) is 10.1. The Morgan fingerprint density at radius 1 is 1.17 bits per heavy atom. The standard InChI is InChI=1S/C17H29N3O2S/c1-5-18-17(19-10-6-12-23-4)20-11-9-14-7-8-15(21-2)16(13-14)22-3/h7-8,13H,5-6,9-12H2,1-4H3,(H2,18,19,20). The summed E-state index contributed by atoms with van der Waals surface area (Å²) < 4.78 is 10.6. The Morgan fingerprint density at radius 3 is 2.61 bits per heavy atom. The Balaban J connectivity index is 2.49. The van der Waals surface area contributed by atoms with E-state index in [2.05, 4.69) is 34.9 Å². The lowest BCUT2D eigenvalue weighted by Gasteiger charge is -2.12. The Labute approximate surface area is 144 Å². The fourth-order valence-electron chi connectivity index (χ4n) is 2.10. The van der Waals surface area contributed by atoms with Gasteiger partial charge in [-0.3, -0.25) is 4.99 Å². The molecule has 0 aromatic heterocycles. The maximum absolute atomic E-state index is 5.34. The molecule has 1 aromatic carbocycles. The number of methoxy groups -OCH3 is 2. The van der Waals surface area contributed by atoms with E-state index >= 15 is 0 Å². The summed E-state index contributed by atoms with van der Waals surface area (Å²) in [5.74, 6) is 3.55. The molecule has 0 saturated heterocycles. The molecule has 0 aliphatic heterocycles. The van der Waals surface area contributed by atoms with Gasteiger partial charge < -0.3 is 20.1 Å². The van der Waals surface area contributed by atoms with Gasteiger partial charge in [-0.25, -0.2) is 0 Å². The van der Waals surface area contributed by atoms with Gasteiger partial charge in [-0.05, 0) is 49.5 Å². The molecule has 0 amide bonds. The molecule has 0 spiro atoms. The van der Waals surface area contributed by atoms with Crippen molar-refractivity contribution < 1.29 is 9.47 Å². The van der Waals surface area contributed by atoms with Crippen molar-refractivity contribution >= 4 is 17.7 Å². The van der Waals surface area contributed by atoms with Gasteiger partial charge in [0.25, 0.3) is 0 Å². The molecule has 0 unspecified atom stereocenters. The molecule has 0 aliphatic rings. The zero-order valence-corrected chi connectivity index (χ0v) is 15.5. The van der Waals surface area contributed by atoms with Crippen LogP contribution in [0.25, 0.3) is 0 Å². The molecule has 6 heteroatoms. The first kappa shape index (κ1) is 19.5. The van der Waals surface area contributed by atoms with E-state index in [1.165, 1.54) is 5.56 Å². The van der Waals surface area contributed by atoms with E-state index in [0.29, 0.717) is 0 Å². The summed E-state index contributed by atoms with van der Waals surface area (Å²) in [6, 6.07) is 6.02. The predicted octanol–water partition coefficient (Wildman–Crippen LogP) is 2.55. The Hall–Kier alpha value is -1.56. The fourth-order valence-corrected chi connectivity index (χ4v) is 2.52. The van der Waals surface area contributed by atoms with Crippen molar-refractivity contribution in [2.45, 2.75) is 19.8 Å². The number of thioether (sulfide) groups is 1. The van der Waals surface area contributed by atoms with Gasteiger partial charge in [0.1, 0.15) is 0 Å². The largest absolute Gasteiger partial charge is 0.493 e. The van der Waals surface area contributed by atoms with Crippen LogP contribution in [-0.4, -0.2) is 51.8 Å². The second-order valence-electron chi connectivity index (χ2n) is 4.97. The lowest BCUT2D eigenvalue weighted by molar-refractivity contribution is 0.354. The monoisotopic (exact) mass is 339 g/mol. The van der Waals surface area contributed by atoms with Crippen LogP contribution in [0.4, 0.5) is 0 Å². The summed E-state index contributed by atoms with van der Waals surface area (Å²) >= 11 is 1.86. The SMILES string of the molecule is CCNC(=NCCCSC)NCCc1ccc(OC)c(OC)c1. The fraction of sp³-hybridized carbons (Fsp3) is 0.588. The van der Waals surface area contributed by atoms with Crippen molar-refractivity contribution in [3.63, 3.8) is 0 Å². The number of rotatable bonds is 10. The third-order valence-electron chi connectivity index (χ3n) is 3.27. The summed E-state index contributed by atoms with van der Waals surface area (Å²) in [6.45, 7) is 4.62. The van der Waals surface area contributed by atoms with Crippen molar-refractivity contribution in [3.8, 4) is 11.5 Å². The Morgan fingerprint density at radius 2 is 1.96 bits per heavy atom. The van der Waals surface area contributed by atoms with Crippen LogP contribution < -0.4 is 20.1 Å². The summed E-state index contributed by atoms with van der Waals surface area (Å²) in [7, 11) is 3.31. The van der Waals surface area contributed by atoms with E-state index in [0.717, 1.165) is 55.7 Å². The molecule has 2 N–H and O–H groups in total. The van der Waals surface area contributed by atoms with Crippen LogP contribution in [0.2, 0.25) is 0 Å². The average molecular weight is 340 g/mol. The van der Waals surface area contributed by atoms with Crippen LogP contribution in [0.5, 0.6) is 11.5 Å². The molecule has 0 aliphatic carbocycles. The van der Waals surface area contributed by atoms with Gasteiger partial charge >= 0.3 is 0 Å². The maximum atomic E-state index is 5.34. The average Bonchev–Trinajstić information content (AvgIpc) is 2.58. The topological polar surface area (TPSA) is 54.9 Å². The van der Waals surface area contributed by atoms with Gasteiger partial charge in [-0.1, -0.05) is 6.07 Å². The first-order chi connectivity index (χ1) is 11.2. The quantitative estimate of drug-likeness (QED) is 0.390. The number of guanidine groups is 1. The van der Waals surface area contributed by atoms with Gasteiger partial charge in [-0.2, -0.15) is 11.8 Å². The van der Waals surface area contributed by atoms with Gasteiger partial charge in [0.05, 0.1) is 14.2 Å². The van der Waals surface area contributed by atoms with Crippen molar-refractivity contribution in [1.29, 1.82) is 0 Å². The molecular formula is C17H29N3O2S. The number of benzene rings is 1. The lowest BCUT2D eigenvalue weighted by atomic mass is 10.1. The highest BCUT2D eigenvalue weighted by Gasteiger charge is 2.04. The van der Waals surface area contributed by atoms with Crippen LogP contribution in [0.15, 0.2) is 23.2 Å². The van der Waals surface area contributed by atoms with Crippen LogP contribution in [0.1, 0.15) is 18.9 Å². The third kappa shape index (κ3) is 7.50. The molecule has 0 saturated carbocycles. The molecule has 0 fully saturated rings. The van der Waals surface area contributed by atoms with Crippen LogP contribution in [0, 0.1) is 0 Å². The van der Waals surface area contributed by atoms with Crippen molar-refractivity contribution in [1.82, 2.24) is 10.6 Å². The zero-order valence-electron chi connectivity index (χ0n) is 14.6. The first-order valence-electron chi connectivity index (χ1n) is 7.97. The minimum absolute atomic E-state index is 0.757. The third-order valence-corrected chi connectivity index (χ3v) is 3.97. The highest BCUT2D eigenvalue weighted by Crippen LogP contribution is 2.27. The summed E-state index contributed by atoms with van der Waals surface area (Å²) in [4.78, 5) is 4.58. The Bertz CT molecular complexity index is 481. The molecule has 5 nitrogen and oxygen atoms in total. The summed E-state index contributed by atoms with van der Waals surface area (Å²) in [5, 5.41) is 6.65. The minimum Gasteiger partial charge on any atom is -0.493 e. The van der Waals surface area contributed by atoms with E-state index in [-0.39, 0.29) is 0 Å². The van der Waals surface area contributed by atoms with E-state index in [1.54, 1.807) is 14.2 Å². The number of hydrogen-bond donors (Lipinski definition) is 2. The molecule has 0 bridgehead atoms. The molecule has 0 atom stereocenters. The normalized spacial score (nSPS) is 11.2. The molecule has 0 radical (unpaired) electrons. The molecular weight excluding hydrogens is 310 g/mol. The smallest absolute Gasteiger partial charge is 0.191 e. The highest BCUT2D eigenvalue weighted by atomic mass is 32.2. The zero-order chi connectivity index (χ0) is 16.9. The van der Waals surface area contributed by atoms with Crippen LogP contribution >= 0.6 is 11.8 Å². The lowest BCUT2D eigenvalue weighted by Crippen LogP contribution is -2.38. The van der Waals surface area contributed by atoms with Crippen LogP contribution in [-0.2, 0) is 6.42 Å². The number of ether oxygens (including phenoxy) is 2. The van der Waals surface area contributed by atoms with E-state index in [4.69, 9.17) is 9.47 Å². The number of nitrogens with one attached hydrogen (secondary N) is 2. The second-order valence-corrected chi connectivity index (χ2v) is 5.96. The number of nitrogens with zero attached hydrogens (tertiary/aromatic N) is 1. The van der Waals surface area contributed by atoms with Gasteiger partial charge in [0, 0.05) is 19.6 Å². The van der Waals surface area contributed by atoms with Crippen molar-refractivity contribution in [2.75, 3.05) is 45.9 Å². The van der Waals surface area contributed by atoms with E-state index < -0.39 is 0 Å². The second kappa shape index (κ2) is 11.9. The van der Waals surface area contributed by atoms with Gasteiger partial charge in [0.2, 0.25) is 0 Å². The highest BCUT2D eigenvalue weighted by molar-refractivity contribution is 7.98. The van der Waals surface area contributed by atoms with E-state index in [9.17, 15) is 0 Å². The predicted molar refractivity (Wildman–Crippen MR) is 100 cm³/mol. The van der Waals surface area contributed by atoms with Crippen molar-refractivity contribution in [3.05, 3.63) is 23.8 Å². The number of aliphatic imine (C=N–C) groups is 1.